The molecule has 0 fully saturated rings. The monoisotopic (exact) mass is 269 g/mol. The third-order valence-corrected chi connectivity index (χ3v) is 2.92. The summed E-state index contributed by atoms with van der Waals surface area (Å²) in [7, 11) is 6.89. The smallest absolute Gasteiger partial charge is 0.129 e. The maximum Gasteiger partial charge on any atom is 0.129 e. The van der Waals surface area contributed by atoms with E-state index in [2.05, 4.69) is 10.3 Å². The van der Waals surface area contributed by atoms with Crippen molar-refractivity contribution in [3.63, 3.8) is 0 Å². The maximum atomic E-state index is 5.40. The minimum Gasteiger partial charge on any atom is -0.496 e. The molecule has 0 amide bonds. The van der Waals surface area contributed by atoms with Gasteiger partial charge in [-0.15, -0.1) is 0 Å². The second-order valence-corrected chi connectivity index (χ2v) is 4.20. The van der Waals surface area contributed by atoms with Crippen molar-refractivity contribution in [1.29, 1.82) is 0 Å². The number of methoxy groups -OCH3 is 3. The molecule has 19 heavy (non-hydrogen) atoms. The van der Waals surface area contributed by atoms with E-state index in [1.165, 1.54) is 0 Å². The summed E-state index contributed by atoms with van der Waals surface area (Å²) < 4.78 is 16.0. The zero-order valence-corrected chi connectivity index (χ0v) is 12.0. The number of rotatable bonds is 8. The fraction of sp³-hybridized carbons (Fsp3) is 0.538. The van der Waals surface area contributed by atoms with E-state index in [1.807, 2.05) is 19.2 Å². The van der Waals surface area contributed by atoms with Crippen molar-refractivity contribution >= 4 is 0 Å². The molecule has 0 spiro atoms. The lowest BCUT2D eigenvalue weighted by Gasteiger charge is -2.19. The van der Waals surface area contributed by atoms with E-state index in [0.29, 0.717) is 6.67 Å². The molecule has 6 heteroatoms. The summed E-state index contributed by atoms with van der Waals surface area (Å²) in [5, 5.41) is 0. The number of hydrogen-bond donors (Lipinski definition) is 2. The highest BCUT2D eigenvalue weighted by molar-refractivity contribution is 5.50. The van der Waals surface area contributed by atoms with E-state index in [4.69, 9.17) is 20.1 Å². The topological polar surface area (TPSA) is 69.0 Å². The summed E-state index contributed by atoms with van der Waals surface area (Å²) in [5.74, 6) is 7.55. The zero-order chi connectivity index (χ0) is 14.3. The molecule has 0 aromatic heterocycles. The molecule has 0 aliphatic heterocycles. The van der Waals surface area contributed by atoms with Gasteiger partial charge in [-0.05, 0) is 13.5 Å². The Balaban J connectivity index is 2.90. The highest BCUT2D eigenvalue weighted by atomic mass is 16.5. The molecule has 1 aromatic rings. The SMILES string of the molecule is COc1cc(OC)c(CCN(C)CNN)c(OC)c1. The molecular formula is C13H23N3O3. The average Bonchev–Trinajstić information content (AvgIpc) is 2.44. The molecule has 0 heterocycles. The lowest BCUT2D eigenvalue weighted by molar-refractivity contribution is 0.307. The first-order valence-electron chi connectivity index (χ1n) is 6.07. The molecule has 1 rings (SSSR count). The van der Waals surface area contributed by atoms with E-state index in [-0.39, 0.29) is 0 Å². The number of nitrogens with two attached hydrogens (primary N) is 1. The maximum absolute atomic E-state index is 5.40. The molecule has 0 aliphatic rings. The van der Waals surface area contributed by atoms with Crippen LogP contribution < -0.4 is 25.5 Å². The third kappa shape index (κ3) is 4.27. The predicted octanol–water partition coefficient (Wildman–Crippen LogP) is 0.608. The first-order valence-corrected chi connectivity index (χ1v) is 6.07. The zero-order valence-electron chi connectivity index (χ0n) is 12.0. The quantitative estimate of drug-likeness (QED) is 0.409. The van der Waals surface area contributed by atoms with Gasteiger partial charge >= 0.3 is 0 Å². The fourth-order valence-electron chi connectivity index (χ4n) is 1.86. The summed E-state index contributed by atoms with van der Waals surface area (Å²) in [6.45, 7) is 1.46. The van der Waals surface area contributed by atoms with Crippen molar-refractivity contribution in [3.8, 4) is 17.2 Å². The Morgan fingerprint density at radius 3 is 2.11 bits per heavy atom. The summed E-state index contributed by atoms with van der Waals surface area (Å²) in [5.41, 5.74) is 3.65. The van der Waals surface area contributed by atoms with Crippen LogP contribution >= 0.6 is 0 Å². The fourth-order valence-corrected chi connectivity index (χ4v) is 1.86. The van der Waals surface area contributed by atoms with E-state index in [0.717, 1.165) is 35.8 Å². The highest BCUT2D eigenvalue weighted by Gasteiger charge is 2.13. The van der Waals surface area contributed by atoms with Gasteiger partial charge in [0.1, 0.15) is 17.2 Å². The molecule has 0 atom stereocenters. The minimum atomic E-state index is 0.626. The Bertz CT molecular complexity index is 374. The Morgan fingerprint density at radius 2 is 1.68 bits per heavy atom. The van der Waals surface area contributed by atoms with Gasteiger partial charge in [0.15, 0.2) is 0 Å². The summed E-state index contributed by atoms with van der Waals surface area (Å²) in [6.07, 6.45) is 0.800. The molecule has 0 saturated heterocycles. The van der Waals surface area contributed by atoms with Crippen molar-refractivity contribution in [2.24, 2.45) is 5.84 Å². The Labute approximate surface area is 114 Å². The van der Waals surface area contributed by atoms with Crippen molar-refractivity contribution in [3.05, 3.63) is 17.7 Å². The van der Waals surface area contributed by atoms with Crippen molar-refractivity contribution in [2.75, 3.05) is 41.6 Å². The number of hydrazine groups is 1. The lowest BCUT2D eigenvalue weighted by atomic mass is 10.1. The number of nitrogens with one attached hydrogen (secondary N) is 1. The van der Waals surface area contributed by atoms with Gasteiger partial charge in [-0.1, -0.05) is 0 Å². The van der Waals surface area contributed by atoms with Gasteiger partial charge in [-0.2, -0.15) is 0 Å². The average molecular weight is 269 g/mol. The van der Waals surface area contributed by atoms with Crippen LogP contribution in [0.25, 0.3) is 0 Å². The van der Waals surface area contributed by atoms with Gasteiger partial charge < -0.3 is 14.2 Å². The molecular weight excluding hydrogens is 246 g/mol. The van der Waals surface area contributed by atoms with E-state index < -0.39 is 0 Å². The van der Waals surface area contributed by atoms with Crippen LogP contribution in [0, 0.1) is 0 Å². The van der Waals surface area contributed by atoms with Gasteiger partial charge in [0, 0.05) is 24.2 Å². The predicted molar refractivity (Wildman–Crippen MR) is 74.6 cm³/mol. The molecule has 0 radical (unpaired) electrons. The van der Waals surface area contributed by atoms with Gasteiger partial charge in [0.2, 0.25) is 0 Å². The summed E-state index contributed by atoms with van der Waals surface area (Å²) in [4.78, 5) is 2.07. The Kier molecular flexibility index (Phi) is 6.41. The largest absolute Gasteiger partial charge is 0.496 e. The molecule has 0 bridgehead atoms. The van der Waals surface area contributed by atoms with Crippen molar-refractivity contribution in [1.82, 2.24) is 10.3 Å². The molecule has 3 N–H and O–H groups in total. The van der Waals surface area contributed by atoms with Crippen LogP contribution in [0.3, 0.4) is 0 Å². The second kappa shape index (κ2) is 7.83. The van der Waals surface area contributed by atoms with E-state index in [1.54, 1.807) is 21.3 Å². The Morgan fingerprint density at radius 1 is 1.11 bits per heavy atom. The lowest BCUT2D eigenvalue weighted by Crippen LogP contribution is -2.36. The first kappa shape index (κ1) is 15.6. The number of nitrogens with zero attached hydrogens (tertiary/aromatic N) is 1. The molecule has 6 nitrogen and oxygen atoms in total. The minimum absolute atomic E-state index is 0.626. The Hall–Kier alpha value is -1.50. The molecule has 108 valence electrons. The van der Waals surface area contributed by atoms with Gasteiger partial charge in [0.05, 0.1) is 28.0 Å². The summed E-state index contributed by atoms with van der Waals surface area (Å²) in [6, 6.07) is 3.72. The van der Waals surface area contributed by atoms with Crippen LogP contribution in [0.2, 0.25) is 0 Å². The van der Waals surface area contributed by atoms with Crippen molar-refractivity contribution in [2.45, 2.75) is 6.42 Å². The van der Waals surface area contributed by atoms with Crippen LogP contribution in [0.5, 0.6) is 17.2 Å². The third-order valence-electron chi connectivity index (χ3n) is 2.92. The van der Waals surface area contributed by atoms with Crippen LogP contribution in [0.15, 0.2) is 12.1 Å². The highest BCUT2D eigenvalue weighted by Crippen LogP contribution is 2.34. The molecule has 0 unspecified atom stereocenters. The van der Waals surface area contributed by atoms with E-state index >= 15 is 0 Å². The van der Waals surface area contributed by atoms with E-state index in [9.17, 15) is 0 Å². The summed E-state index contributed by atoms with van der Waals surface area (Å²) >= 11 is 0. The molecule has 1 aromatic carbocycles. The standard InChI is InChI=1S/C13H23N3O3/c1-16(9-15-14)6-5-11-12(18-3)7-10(17-2)8-13(11)19-4/h7-8,15H,5-6,9,14H2,1-4H3. The number of ether oxygens (including phenoxy) is 3. The van der Waals surface area contributed by atoms with Crippen LogP contribution in [-0.4, -0.2) is 46.5 Å². The van der Waals surface area contributed by atoms with Gasteiger partial charge in [0.25, 0.3) is 0 Å². The number of benzene rings is 1. The molecule has 0 saturated carbocycles. The van der Waals surface area contributed by atoms with Crippen LogP contribution in [0.1, 0.15) is 5.56 Å². The van der Waals surface area contributed by atoms with Gasteiger partial charge in [-0.25, -0.2) is 5.43 Å². The molecule has 0 aliphatic carbocycles. The first-order chi connectivity index (χ1) is 9.15. The number of likely N-dealkylation sites (N-methyl/N-ethyl adjacent to an activating group) is 1. The second-order valence-electron chi connectivity index (χ2n) is 4.20. The number of hydrogen-bond acceptors (Lipinski definition) is 6. The van der Waals surface area contributed by atoms with Crippen molar-refractivity contribution < 1.29 is 14.2 Å². The van der Waals surface area contributed by atoms with Crippen LogP contribution in [0.4, 0.5) is 0 Å². The normalized spacial score (nSPS) is 10.6. The van der Waals surface area contributed by atoms with Crippen LogP contribution in [-0.2, 0) is 6.42 Å². The van der Waals surface area contributed by atoms with Gasteiger partial charge in [-0.3, -0.25) is 10.7 Å².